The quantitative estimate of drug-likeness (QED) is 0.413. The van der Waals surface area contributed by atoms with Gasteiger partial charge in [0.05, 0.1) is 0 Å². The summed E-state index contributed by atoms with van der Waals surface area (Å²) in [7, 11) is -9.65. The average Bonchev–Trinajstić information content (AvgIpc) is 3.05. The standard InChI is InChI=1S/C18H14F5NO2S/c19-27(20,21,22,23)17-9-6-14(7-10-17)8-11-18-24-15(13-26-18)12-25-16-4-2-1-3-5-16/h1-11,13H,12H2/b11-8+. The third-order valence-electron chi connectivity index (χ3n) is 3.44. The van der Waals surface area contributed by atoms with E-state index in [0.29, 0.717) is 29.1 Å². The molecule has 1 aromatic heterocycles. The van der Waals surface area contributed by atoms with Crippen molar-refractivity contribution in [2.24, 2.45) is 0 Å². The maximum absolute atomic E-state index is 12.7. The minimum Gasteiger partial charge on any atom is -0.487 e. The summed E-state index contributed by atoms with van der Waals surface area (Å²) >= 11 is 0. The van der Waals surface area contributed by atoms with Gasteiger partial charge in [-0.3, -0.25) is 0 Å². The summed E-state index contributed by atoms with van der Waals surface area (Å²) in [4.78, 5) is 2.22. The van der Waals surface area contributed by atoms with Gasteiger partial charge in [0, 0.05) is 6.08 Å². The molecule has 0 aliphatic heterocycles. The van der Waals surface area contributed by atoms with E-state index in [2.05, 4.69) is 4.98 Å². The Balaban J connectivity index is 1.64. The first-order valence-corrected chi connectivity index (χ1v) is 9.59. The van der Waals surface area contributed by atoms with Crippen LogP contribution in [0, 0.1) is 0 Å². The second-order valence-electron chi connectivity index (χ2n) is 5.65. The highest BCUT2D eigenvalue weighted by molar-refractivity contribution is 8.45. The summed E-state index contributed by atoms with van der Waals surface area (Å²) in [6, 6.07) is 11.7. The fourth-order valence-corrected chi connectivity index (χ4v) is 2.79. The molecule has 2 aromatic carbocycles. The molecule has 0 N–H and O–H groups in total. The Hall–Kier alpha value is -2.81. The molecule has 0 amide bonds. The molecule has 0 bridgehead atoms. The average molecular weight is 403 g/mol. The number of para-hydroxylation sites is 1. The van der Waals surface area contributed by atoms with E-state index in [0.717, 1.165) is 12.1 Å². The number of halogens is 5. The lowest BCUT2D eigenvalue weighted by molar-refractivity contribution is 0.301. The highest BCUT2D eigenvalue weighted by Crippen LogP contribution is 3.02. The minimum absolute atomic E-state index is 0.181. The lowest BCUT2D eigenvalue weighted by Crippen LogP contribution is -2.05. The Morgan fingerprint density at radius 2 is 1.56 bits per heavy atom. The molecule has 0 aliphatic rings. The molecule has 3 nitrogen and oxygen atoms in total. The maximum Gasteiger partial charge on any atom is 0.310 e. The first kappa shape index (κ1) is 19.0. The van der Waals surface area contributed by atoms with Gasteiger partial charge in [0.15, 0.2) is 0 Å². The normalized spacial score (nSPS) is 14.7. The van der Waals surface area contributed by atoms with Gasteiger partial charge in [-0.15, -0.1) is 0 Å². The van der Waals surface area contributed by atoms with Crippen LogP contribution in [0.1, 0.15) is 17.1 Å². The van der Waals surface area contributed by atoms with E-state index in [1.54, 1.807) is 12.1 Å². The van der Waals surface area contributed by atoms with Crippen LogP contribution in [0.4, 0.5) is 19.4 Å². The third kappa shape index (κ3) is 5.33. The van der Waals surface area contributed by atoms with Crippen LogP contribution in [0.5, 0.6) is 5.75 Å². The van der Waals surface area contributed by atoms with Crippen molar-refractivity contribution in [3.8, 4) is 5.75 Å². The van der Waals surface area contributed by atoms with Gasteiger partial charge in [-0.1, -0.05) is 49.8 Å². The van der Waals surface area contributed by atoms with Crippen LogP contribution in [-0.4, -0.2) is 4.98 Å². The van der Waals surface area contributed by atoms with E-state index in [4.69, 9.17) is 9.15 Å². The smallest absolute Gasteiger partial charge is 0.310 e. The summed E-state index contributed by atoms with van der Waals surface area (Å²) in [6.07, 6.45) is 4.21. The number of hydrogen-bond donors (Lipinski definition) is 0. The van der Waals surface area contributed by atoms with E-state index >= 15 is 0 Å². The van der Waals surface area contributed by atoms with Crippen molar-refractivity contribution in [1.82, 2.24) is 4.98 Å². The monoisotopic (exact) mass is 403 g/mol. The topological polar surface area (TPSA) is 35.3 Å². The van der Waals surface area contributed by atoms with Crippen LogP contribution in [0.15, 0.2) is 70.2 Å². The van der Waals surface area contributed by atoms with Gasteiger partial charge in [-0.05, 0) is 35.9 Å². The van der Waals surface area contributed by atoms with Gasteiger partial charge in [0.1, 0.15) is 29.2 Å². The Morgan fingerprint density at radius 3 is 2.19 bits per heavy atom. The number of rotatable bonds is 6. The zero-order valence-corrected chi connectivity index (χ0v) is 14.5. The van der Waals surface area contributed by atoms with Crippen LogP contribution in [0.3, 0.4) is 0 Å². The van der Waals surface area contributed by atoms with Gasteiger partial charge < -0.3 is 9.15 Å². The summed E-state index contributed by atoms with van der Waals surface area (Å²) < 4.78 is 74.1. The molecule has 0 atom stereocenters. The molecule has 3 aromatic rings. The maximum atomic E-state index is 12.7. The van der Waals surface area contributed by atoms with Crippen LogP contribution in [0.25, 0.3) is 12.2 Å². The Bertz CT molecular complexity index is 952. The molecule has 27 heavy (non-hydrogen) atoms. The second-order valence-corrected chi connectivity index (χ2v) is 8.06. The van der Waals surface area contributed by atoms with E-state index < -0.39 is 15.1 Å². The number of ether oxygens (including phenoxy) is 1. The zero-order valence-electron chi connectivity index (χ0n) is 13.7. The van der Waals surface area contributed by atoms with Gasteiger partial charge >= 0.3 is 10.2 Å². The molecule has 0 radical (unpaired) electrons. The molecule has 1 heterocycles. The molecular weight excluding hydrogens is 389 g/mol. The van der Waals surface area contributed by atoms with Gasteiger partial charge in [0.2, 0.25) is 5.89 Å². The molecule has 0 aliphatic carbocycles. The number of nitrogens with zero attached hydrogens (tertiary/aromatic N) is 1. The number of hydrogen-bond acceptors (Lipinski definition) is 3. The molecule has 0 unspecified atom stereocenters. The molecule has 3 rings (SSSR count). The van der Waals surface area contributed by atoms with Gasteiger partial charge in [-0.2, -0.15) is 0 Å². The Morgan fingerprint density at radius 1 is 0.889 bits per heavy atom. The molecule has 144 valence electrons. The summed E-state index contributed by atoms with van der Waals surface area (Å²) in [5, 5.41) is 0. The number of oxazole rings is 1. The van der Waals surface area contributed by atoms with Crippen molar-refractivity contribution < 1.29 is 28.6 Å². The van der Waals surface area contributed by atoms with E-state index in [1.165, 1.54) is 18.4 Å². The van der Waals surface area contributed by atoms with Crippen molar-refractivity contribution in [1.29, 1.82) is 0 Å². The zero-order chi connectivity index (χ0) is 19.6. The van der Waals surface area contributed by atoms with Crippen molar-refractivity contribution in [3.05, 3.63) is 78.0 Å². The van der Waals surface area contributed by atoms with Crippen LogP contribution in [-0.2, 0) is 6.61 Å². The van der Waals surface area contributed by atoms with Crippen LogP contribution < -0.4 is 4.74 Å². The molecule has 0 fully saturated rings. The minimum atomic E-state index is -9.65. The van der Waals surface area contributed by atoms with Crippen molar-refractivity contribution >= 4 is 22.4 Å². The number of aromatic nitrogens is 1. The van der Waals surface area contributed by atoms with Crippen molar-refractivity contribution in [3.63, 3.8) is 0 Å². The van der Waals surface area contributed by atoms with Gasteiger partial charge in [0.25, 0.3) is 0 Å². The summed E-state index contributed by atoms with van der Waals surface area (Å²) in [6.45, 7) is 0.181. The summed E-state index contributed by atoms with van der Waals surface area (Å²) in [5.74, 6) is 0.875. The van der Waals surface area contributed by atoms with Crippen molar-refractivity contribution in [2.75, 3.05) is 0 Å². The molecule has 0 spiro atoms. The molecular formula is C18H14F5NO2S. The first-order valence-electron chi connectivity index (χ1n) is 7.64. The van der Waals surface area contributed by atoms with Crippen LogP contribution in [0.2, 0.25) is 0 Å². The van der Waals surface area contributed by atoms with Crippen molar-refractivity contribution in [2.45, 2.75) is 11.5 Å². The Labute approximate surface area is 151 Å². The molecule has 0 saturated heterocycles. The van der Waals surface area contributed by atoms with Crippen LogP contribution >= 0.6 is 10.2 Å². The highest BCUT2D eigenvalue weighted by Gasteiger charge is 2.65. The first-order chi connectivity index (χ1) is 12.5. The van der Waals surface area contributed by atoms with E-state index in [-0.39, 0.29) is 12.5 Å². The fourth-order valence-electron chi connectivity index (χ4n) is 2.14. The molecule has 0 saturated carbocycles. The predicted molar refractivity (Wildman–Crippen MR) is 94.0 cm³/mol. The lowest BCUT2D eigenvalue weighted by atomic mass is 10.2. The SMILES string of the molecule is FS(F)(F)(F)(F)c1ccc(/C=C/c2nc(COc3ccccc3)co2)cc1. The van der Waals surface area contributed by atoms with E-state index in [9.17, 15) is 19.4 Å². The van der Waals surface area contributed by atoms with Gasteiger partial charge in [-0.25, -0.2) is 4.98 Å². The van der Waals surface area contributed by atoms with E-state index in [1.807, 2.05) is 18.2 Å². The Kier molecular flexibility index (Phi) is 4.30. The number of benzene rings is 2. The lowest BCUT2D eigenvalue weighted by Gasteiger charge is -2.40. The highest BCUT2D eigenvalue weighted by atomic mass is 32.5. The molecule has 9 heteroatoms. The predicted octanol–water partition coefficient (Wildman–Crippen LogP) is 7.08. The largest absolute Gasteiger partial charge is 0.487 e. The second kappa shape index (κ2) is 6.12. The summed E-state index contributed by atoms with van der Waals surface area (Å²) in [5.41, 5.74) is 0.815. The fraction of sp³-hybridized carbons (Fsp3) is 0.0556. The third-order valence-corrected chi connectivity index (χ3v) is 4.61.